The van der Waals surface area contributed by atoms with E-state index in [1.54, 1.807) is 30.3 Å². The molecular formula is C16H19N3O4S. The average molecular weight is 349 g/mol. The molecule has 7 nitrogen and oxygen atoms in total. The maximum atomic E-state index is 13.1. The summed E-state index contributed by atoms with van der Waals surface area (Å²) in [5.41, 5.74) is 0.0424. The summed E-state index contributed by atoms with van der Waals surface area (Å²) < 4.78 is 27.4. The Morgan fingerprint density at radius 2 is 1.54 bits per heavy atom. The van der Waals surface area contributed by atoms with E-state index < -0.39 is 20.6 Å². The molecule has 128 valence electrons. The summed E-state index contributed by atoms with van der Waals surface area (Å²) in [6.45, 7) is 0.667. The van der Waals surface area contributed by atoms with Crippen LogP contribution in [0.3, 0.4) is 0 Å². The van der Waals surface area contributed by atoms with Crippen molar-refractivity contribution in [2.24, 2.45) is 0 Å². The highest BCUT2D eigenvalue weighted by atomic mass is 32.2. The molecule has 0 N–H and O–H groups in total. The minimum Gasteiger partial charge on any atom is -0.308 e. The van der Waals surface area contributed by atoms with Gasteiger partial charge in [-0.05, 0) is 32.3 Å². The quantitative estimate of drug-likeness (QED) is 0.566. The second kappa shape index (κ2) is 7.41. The van der Waals surface area contributed by atoms with Crippen LogP contribution in [0, 0.1) is 10.1 Å². The van der Waals surface area contributed by atoms with E-state index >= 15 is 0 Å². The van der Waals surface area contributed by atoms with Gasteiger partial charge < -0.3 is 4.90 Å². The number of anilines is 1. The van der Waals surface area contributed by atoms with E-state index in [1.807, 2.05) is 19.0 Å². The molecule has 2 rings (SSSR count). The number of nitrogens with zero attached hydrogens (tertiary/aromatic N) is 3. The molecule has 0 saturated heterocycles. The molecule has 0 aliphatic carbocycles. The number of benzene rings is 2. The lowest BCUT2D eigenvalue weighted by molar-refractivity contribution is -0.387. The van der Waals surface area contributed by atoms with E-state index in [2.05, 4.69) is 0 Å². The van der Waals surface area contributed by atoms with E-state index in [-0.39, 0.29) is 11.4 Å². The SMILES string of the molecule is CN(C)CCN(c1ccccc1)S(=O)(=O)c1ccccc1[N+](=O)[O-]. The Kier molecular flexibility index (Phi) is 5.53. The van der Waals surface area contributed by atoms with Crippen LogP contribution < -0.4 is 4.31 Å². The number of nitro benzene ring substituents is 1. The summed E-state index contributed by atoms with van der Waals surface area (Å²) in [5, 5.41) is 11.2. The normalized spacial score (nSPS) is 11.5. The van der Waals surface area contributed by atoms with Crippen LogP contribution in [-0.4, -0.2) is 45.4 Å². The van der Waals surface area contributed by atoms with Crippen molar-refractivity contribution in [3.8, 4) is 0 Å². The van der Waals surface area contributed by atoms with Crippen LogP contribution >= 0.6 is 0 Å². The first-order valence-electron chi connectivity index (χ1n) is 7.30. The van der Waals surface area contributed by atoms with E-state index in [0.29, 0.717) is 12.2 Å². The third kappa shape index (κ3) is 3.90. The van der Waals surface area contributed by atoms with Gasteiger partial charge in [0, 0.05) is 19.2 Å². The van der Waals surface area contributed by atoms with Crippen LogP contribution in [0.25, 0.3) is 0 Å². The molecule has 2 aromatic rings. The third-order valence-corrected chi connectivity index (χ3v) is 5.30. The first-order chi connectivity index (χ1) is 11.3. The van der Waals surface area contributed by atoms with Gasteiger partial charge in [-0.1, -0.05) is 30.3 Å². The zero-order valence-corrected chi connectivity index (χ0v) is 14.3. The summed E-state index contributed by atoms with van der Waals surface area (Å²) in [7, 11) is -0.392. The molecule has 2 aromatic carbocycles. The number of rotatable bonds is 7. The smallest absolute Gasteiger partial charge is 0.289 e. The van der Waals surface area contributed by atoms with Crippen LogP contribution in [0.5, 0.6) is 0 Å². The van der Waals surface area contributed by atoms with E-state index in [0.717, 1.165) is 0 Å². The van der Waals surface area contributed by atoms with Crippen molar-refractivity contribution in [1.82, 2.24) is 4.90 Å². The summed E-state index contributed by atoms with van der Waals surface area (Å²) in [6, 6.07) is 14.0. The molecule has 0 amide bonds. The molecule has 0 saturated carbocycles. The molecule has 0 bridgehead atoms. The lowest BCUT2D eigenvalue weighted by Gasteiger charge is -2.25. The minimum absolute atomic E-state index is 0.186. The predicted octanol–water partition coefficient (Wildman–Crippen LogP) is 2.35. The zero-order valence-electron chi connectivity index (χ0n) is 13.5. The Labute approximate surface area is 141 Å². The van der Waals surface area contributed by atoms with Crippen molar-refractivity contribution in [2.75, 3.05) is 31.5 Å². The van der Waals surface area contributed by atoms with Crippen molar-refractivity contribution in [2.45, 2.75) is 4.90 Å². The molecule has 0 fully saturated rings. The van der Waals surface area contributed by atoms with Gasteiger partial charge in [0.05, 0.1) is 10.6 Å². The van der Waals surface area contributed by atoms with Gasteiger partial charge in [-0.3, -0.25) is 14.4 Å². The Morgan fingerprint density at radius 3 is 2.12 bits per heavy atom. The predicted molar refractivity (Wildman–Crippen MR) is 92.6 cm³/mol. The van der Waals surface area contributed by atoms with Gasteiger partial charge in [0.1, 0.15) is 0 Å². The largest absolute Gasteiger partial charge is 0.308 e. The van der Waals surface area contributed by atoms with E-state index in [1.165, 1.54) is 28.6 Å². The fraction of sp³-hybridized carbons (Fsp3) is 0.250. The van der Waals surface area contributed by atoms with Crippen molar-refractivity contribution in [3.05, 3.63) is 64.7 Å². The number of likely N-dealkylation sites (N-methyl/N-ethyl adjacent to an activating group) is 1. The number of hydrogen-bond donors (Lipinski definition) is 0. The molecule has 0 heterocycles. The first kappa shape index (κ1) is 17.9. The number of para-hydroxylation sites is 2. The first-order valence-corrected chi connectivity index (χ1v) is 8.74. The highest BCUT2D eigenvalue weighted by molar-refractivity contribution is 7.93. The van der Waals surface area contributed by atoms with Gasteiger partial charge in [0.25, 0.3) is 15.7 Å². The highest BCUT2D eigenvalue weighted by Gasteiger charge is 2.31. The van der Waals surface area contributed by atoms with Gasteiger partial charge in [-0.25, -0.2) is 8.42 Å². The lowest BCUT2D eigenvalue weighted by Crippen LogP contribution is -2.37. The Hall–Kier alpha value is -2.45. The van der Waals surface area contributed by atoms with Crippen molar-refractivity contribution in [1.29, 1.82) is 0 Å². The summed E-state index contributed by atoms with van der Waals surface area (Å²) >= 11 is 0. The Balaban J connectivity index is 2.54. The molecule has 0 aliphatic heterocycles. The summed E-state index contributed by atoms with van der Waals surface area (Å²) in [4.78, 5) is 12.1. The molecule has 0 aliphatic rings. The Bertz CT molecular complexity index is 807. The molecule has 0 radical (unpaired) electrons. The molecule has 0 atom stereocenters. The molecule has 0 unspecified atom stereocenters. The van der Waals surface area contributed by atoms with Crippen LogP contribution in [0.2, 0.25) is 0 Å². The van der Waals surface area contributed by atoms with Gasteiger partial charge in [0.2, 0.25) is 0 Å². The number of hydrogen-bond acceptors (Lipinski definition) is 5. The number of sulfonamides is 1. The molecule has 8 heteroatoms. The van der Waals surface area contributed by atoms with E-state index in [4.69, 9.17) is 0 Å². The molecule has 24 heavy (non-hydrogen) atoms. The highest BCUT2D eigenvalue weighted by Crippen LogP contribution is 2.29. The van der Waals surface area contributed by atoms with Gasteiger partial charge >= 0.3 is 0 Å². The average Bonchev–Trinajstić information content (AvgIpc) is 2.55. The van der Waals surface area contributed by atoms with Gasteiger partial charge in [0.15, 0.2) is 4.90 Å². The number of nitro groups is 1. The van der Waals surface area contributed by atoms with E-state index in [9.17, 15) is 18.5 Å². The minimum atomic E-state index is -4.06. The van der Waals surface area contributed by atoms with Crippen molar-refractivity contribution < 1.29 is 13.3 Å². The molecule has 0 aromatic heterocycles. The topological polar surface area (TPSA) is 83.8 Å². The Morgan fingerprint density at radius 1 is 0.958 bits per heavy atom. The fourth-order valence-corrected chi connectivity index (χ4v) is 3.83. The van der Waals surface area contributed by atoms with Gasteiger partial charge in [-0.2, -0.15) is 0 Å². The zero-order chi connectivity index (χ0) is 17.7. The van der Waals surface area contributed by atoms with Crippen molar-refractivity contribution in [3.63, 3.8) is 0 Å². The van der Waals surface area contributed by atoms with Crippen LogP contribution in [0.1, 0.15) is 0 Å². The second-order valence-corrected chi connectivity index (χ2v) is 7.27. The second-order valence-electron chi connectivity index (χ2n) is 5.44. The summed E-state index contributed by atoms with van der Waals surface area (Å²) in [6.07, 6.45) is 0. The van der Waals surface area contributed by atoms with Crippen molar-refractivity contribution >= 4 is 21.4 Å². The third-order valence-electron chi connectivity index (χ3n) is 3.42. The van der Waals surface area contributed by atoms with Gasteiger partial charge in [-0.15, -0.1) is 0 Å². The summed E-state index contributed by atoms with van der Waals surface area (Å²) in [5.74, 6) is 0. The molecule has 0 spiro atoms. The monoisotopic (exact) mass is 349 g/mol. The van der Waals surface area contributed by atoms with Crippen LogP contribution in [0.4, 0.5) is 11.4 Å². The van der Waals surface area contributed by atoms with Crippen LogP contribution in [-0.2, 0) is 10.0 Å². The maximum Gasteiger partial charge on any atom is 0.289 e. The molecular weight excluding hydrogens is 330 g/mol. The van der Waals surface area contributed by atoms with Crippen LogP contribution in [0.15, 0.2) is 59.5 Å². The lowest BCUT2D eigenvalue weighted by atomic mass is 10.3. The fourth-order valence-electron chi connectivity index (χ4n) is 2.22. The maximum absolute atomic E-state index is 13.1. The standard InChI is InChI=1S/C16H19N3O4S/c1-17(2)12-13-18(14-8-4-3-5-9-14)24(22,23)16-11-7-6-10-15(16)19(20)21/h3-11H,12-13H2,1-2H3.